The van der Waals surface area contributed by atoms with Gasteiger partial charge >= 0.3 is 0 Å². The van der Waals surface area contributed by atoms with Gasteiger partial charge in [0.05, 0.1) is 5.52 Å². The van der Waals surface area contributed by atoms with Gasteiger partial charge in [-0.2, -0.15) is 0 Å². The summed E-state index contributed by atoms with van der Waals surface area (Å²) in [6, 6.07) is 10.3. The van der Waals surface area contributed by atoms with Crippen LogP contribution >= 0.6 is 11.6 Å². The minimum absolute atomic E-state index is 0.658. The molecule has 1 aromatic heterocycles. The molecule has 0 atom stereocenters. The Morgan fingerprint density at radius 3 is 2.88 bits per heavy atom. The molecule has 16 heavy (non-hydrogen) atoms. The fourth-order valence-electron chi connectivity index (χ4n) is 2.08. The number of hydrogen-bond donors (Lipinski definition) is 1. The van der Waals surface area contributed by atoms with Crippen molar-refractivity contribution in [2.24, 2.45) is 5.92 Å². The van der Waals surface area contributed by atoms with Crippen LogP contribution in [0.4, 0.5) is 0 Å². The molecule has 0 spiro atoms. The summed E-state index contributed by atoms with van der Waals surface area (Å²) in [5.74, 6) is 0.723. The molecule has 3 rings (SSSR count). The number of para-hydroxylation sites is 1. The van der Waals surface area contributed by atoms with Crippen molar-refractivity contribution in [3.8, 4) is 0 Å². The van der Waals surface area contributed by atoms with Gasteiger partial charge in [-0.05, 0) is 43.1 Å². The molecule has 2 aromatic rings. The molecule has 0 aliphatic carbocycles. The van der Waals surface area contributed by atoms with E-state index in [2.05, 4.69) is 22.4 Å². The van der Waals surface area contributed by atoms with Crippen LogP contribution in [0.25, 0.3) is 10.9 Å². The van der Waals surface area contributed by atoms with E-state index in [0.717, 1.165) is 30.9 Å². The fourth-order valence-corrected chi connectivity index (χ4v) is 2.31. The van der Waals surface area contributed by atoms with Gasteiger partial charge in [-0.3, -0.25) is 0 Å². The molecule has 0 amide bonds. The van der Waals surface area contributed by atoms with E-state index in [-0.39, 0.29) is 0 Å². The van der Waals surface area contributed by atoms with Crippen LogP contribution in [0.2, 0.25) is 5.15 Å². The number of hydrogen-bond acceptors (Lipinski definition) is 2. The zero-order chi connectivity index (χ0) is 11.0. The van der Waals surface area contributed by atoms with Crippen molar-refractivity contribution < 1.29 is 0 Å². The Morgan fingerprint density at radius 2 is 2.12 bits per heavy atom. The van der Waals surface area contributed by atoms with Crippen LogP contribution in [0, 0.1) is 5.92 Å². The lowest BCUT2D eigenvalue weighted by Crippen LogP contribution is -2.43. The van der Waals surface area contributed by atoms with Crippen LogP contribution in [0.3, 0.4) is 0 Å². The molecule has 2 heterocycles. The Kier molecular flexibility index (Phi) is 2.54. The van der Waals surface area contributed by atoms with Gasteiger partial charge in [-0.1, -0.05) is 29.8 Å². The van der Waals surface area contributed by atoms with Gasteiger partial charge in [-0.25, -0.2) is 4.98 Å². The third-order valence-corrected chi connectivity index (χ3v) is 3.45. The largest absolute Gasteiger partial charge is 0.316 e. The van der Waals surface area contributed by atoms with Gasteiger partial charge in [0, 0.05) is 5.39 Å². The molecule has 1 fully saturated rings. The fraction of sp³-hybridized carbons (Fsp3) is 0.308. The van der Waals surface area contributed by atoms with E-state index in [4.69, 9.17) is 11.6 Å². The minimum Gasteiger partial charge on any atom is -0.316 e. The molecule has 1 aliphatic rings. The van der Waals surface area contributed by atoms with Gasteiger partial charge in [-0.15, -0.1) is 0 Å². The molecule has 1 saturated heterocycles. The highest BCUT2D eigenvalue weighted by atomic mass is 35.5. The van der Waals surface area contributed by atoms with Crippen LogP contribution < -0.4 is 5.32 Å². The Labute approximate surface area is 99.6 Å². The Hall–Kier alpha value is -1.12. The van der Waals surface area contributed by atoms with Crippen molar-refractivity contribution in [2.45, 2.75) is 6.42 Å². The van der Waals surface area contributed by atoms with Gasteiger partial charge in [0.2, 0.25) is 0 Å². The first kappa shape index (κ1) is 10.1. The van der Waals surface area contributed by atoms with Gasteiger partial charge in [0.15, 0.2) is 0 Å². The summed E-state index contributed by atoms with van der Waals surface area (Å²) in [5.41, 5.74) is 2.15. The number of nitrogens with one attached hydrogen (secondary N) is 1. The van der Waals surface area contributed by atoms with Crippen LogP contribution in [-0.4, -0.2) is 18.1 Å². The van der Waals surface area contributed by atoms with Gasteiger partial charge in [0.1, 0.15) is 5.15 Å². The van der Waals surface area contributed by atoms with Gasteiger partial charge in [0.25, 0.3) is 0 Å². The minimum atomic E-state index is 0.658. The summed E-state index contributed by atoms with van der Waals surface area (Å²) >= 11 is 6.20. The molecule has 1 aliphatic heterocycles. The molecule has 1 N–H and O–H groups in total. The zero-order valence-electron chi connectivity index (χ0n) is 8.91. The average Bonchev–Trinajstić information content (AvgIpc) is 2.23. The maximum Gasteiger partial charge on any atom is 0.132 e. The third-order valence-electron chi connectivity index (χ3n) is 3.12. The number of pyridine rings is 1. The summed E-state index contributed by atoms with van der Waals surface area (Å²) in [6.07, 6.45) is 1.03. The van der Waals surface area contributed by atoms with E-state index in [0.29, 0.717) is 5.15 Å². The second kappa shape index (κ2) is 4.04. The lowest BCUT2D eigenvalue weighted by molar-refractivity contribution is 0.346. The summed E-state index contributed by atoms with van der Waals surface area (Å²) < 4.78 is 0. The molecule has 3 heteroatoms. The normalized spacial score (nSPS) is 16.3. The Balaban J connectivity index is 1.99. The predicted octanol–water partition coefficient (Wildman–Crippen LogP) is 2.65. The number of benzene rings is 1. The Bertz CT molecular complexity index is 520. The highest BCUT2D eigenvalue weighted by molar-refractivity contribution is 6.30. The van der Waals surface area contributed by atoms with E-state index in [1.54, 1.807) is 0 Å². The van der Waals surface area contributed by atoms with E-state index in [9.17, 15) is 0 Å². The highest BCUT2D eigenvalue weighted by Crippen LogP contribution is 2.23. The molecule has 82 valence electrons. The van der Waals surface area contributed by atoms with Crippen LogP contribution in [0.1, 0.15) is 5.56 Å². The topological polar surface area (TPSA) is 24.9 Å². The molecule has 0 unspecified atom stereocenters. The summed E-state index contributed by atoms with van der Waals surface area (Å²) in [5, 5.41) is 5.11. The molecular weight excluding hydrogens is 220 g/mol. The molecule has 1 aromatic carbocycles. The monoisotopic (exact) mass is 232 g/mol. The first-order valence-electron chi connectivity index (χ1n) is 5.58. The number of nitrogens with zero attached hydrogens (tertiary/aromatic N) is 1. The summed E-state index contributed by atoms with van der Waals surface area (Å²) in [6.45, 7) is 2.20. The number of fused-ring (bicyclic) bond motifs is 1. The molecule has 0 saturated carbocycles. The van der Waals surface area contributed by atoms with Crippen molar-refractivity contribution in [1.29, 1.82) is 0 Å². The average molecular weight is 233 g/mol. The first-order chi connectivity index (χ1) is 7.83. The van der Waals surface area contributed by atoms with Crippen LogP contribution in [-0.2, 0) is 6.42 Å². The molecule has 2 nitrogen and oxygen atoms in total. The maximum atomic E-state index is 6.20. The zero-order valence-corrected chi connectivity index (χ0v) is 9.67. The SMILES string of the molecule is Clc1nc2ccccc2cc1CC1CNC1. The second-order valence-electron chi connectivity index (χ2n) is 4.36. The van der Waals surface area contributed by atoms with Crippen molar-refractivity contribution in [3.63, 3.8) is 0 Å². The summed E-state index contributed by atoms with van der Waals surface area (Å²) in [4.78, 5) is 4.43. The summed E-state index contributed by atoms with van der Waals surface area (Å²) in [7, 11) is 0. The van der Waals surface area contributed by atoms with Crippen LogP contribution in [0.5, 0.6) is 0 Å². The van der Waals surface area contributed by atoms with E-state index >= 15 is 0 Å². The van der Waals surface area contributed by atoms with Crippen molar-refractivity contribution in [1.82, 2.24) is 10.3 Å². The lowest BCUT2D eigenvalue weighted by Gasteiger charge is -2.27. The maximum absolute atomic E-state index is 6.20. The molecule has 0 radical (unpaired) electrons. The van der Waals surface area contributed by atoms with E-state index < -0.39 is 0 Å². The van der Waals surface area contributed by atoms with Crippen molar-refractivity contribution in [3.05, 3.63) is 41.0 Å². The number of rotatable bonds is 2. The number of aromatic nitrogens is 1. The molecular formula is C13H13ClN2. The number of halogens is 1. The predicted molar refractivity (Wildman–Crippen MR) is 66.8 cm³/mol. The van der Waals surface area contributed by atoms with Crippen molar-refractivity contribution >= 4 is 22.5 Å². The van der Waals surface area contributed by atoms with Gasteiger partial charge < -0.3 is 5.32 Å². The van der Waals surface area contributed by atoms with Crippen molar-refractivity contribution in [2.75, 3.05) is 13.1 Å². The first-order valence-corrected chi connectivity index (χ1v) is 5.95. The Morgan fingerprint density at radius 1 is 1.31 bits per heavy atom. The highest BCUT2D eigenvalue weighted by Gasteiger charge is 2.18. The lowest BCUT2D eigenvalue weighted by atomic mass is 9.95. The van der Waals surface area contributed by atoms with E-state index in [1.165, 1.54) is 10.9 Å². The second-order valence-corrected chi connectivity index (χ2v) is 4.72. The molecule has 0 bridgehead atoms. The smallest absolute Gasteiger partial charge is 0.132 e. The third kappa shape index (κ3) is 1.79. The van der Waals surface area contributed by atoms with E-state index in [1.807, 2.05) is 18.2 Å². The standard InChI is InChI=1S/C13H13ClN2/c14-13-11(5-9-7-15-8-9)6-10-3-1-2-4-12(10)16-13/h1-4,6,9,15H,5,7-8H2. The van der Waals surface area contributed by atoms with Crippen LogP contribution in [0.15, 0.2) is 30.3 Å². The quantitative estimate of drug-likeness (QED) is 0.806.